The van der Waals surface area contributed by atoms with Crippen molar-refractivity contribution in [3.63, 3.8) is 0 Å². The molecule has 1 aliphatic carbocycles. The zero-order chi connectivity index (χ0) is 21.3. The average Bonchev–Trinajstić information content (AvgIpc) is 3.16. The van der Waals surface area contributed by atoms with Crippen LogP contribution in [0.4, 0.5) is 17.3 Å². The van der Waals surface area contributed by atoms with Crippen LogP contribution in [0, 0.1) is 5.53 Å². The van der Waals surface area contributed by atoms with Gasteiger partial charge in [0.15, 0.2) is 0 Å². The van der Waals surface area contributed by atoms with E-state index in [9.17, 15) is 5.11 Å². The number of fused-ring (bicyclic) bond motifs is 1. The van der Waals surface area contributed by atoms with Crippen LogP contribution in [0.1, 0.15) is 33.1 Å². The van der Waals surface area contributed by atoms with Gasteiger partial charge in [0, 0.05) is 24.3 Å². The minimum absolute atomic E-state index is 0.149. The second-order valence-electron chi connectivity index (χ2n) is 7.67. The third-order valence-electron chi connectivity index (χ3n) is 5.71. The van der Waals surface area contributed by atoms with Crippen molar-refractivity contribution in [1.82, 2.24) is 14.6 Å². The van der Waals surface area contributed by atoms with Crippen LogP contribution in [-0.4, -0.2) is 45.0 Å². The van der Waals surface area contributed by atoms with Crippen LogP contribution in [0.15, 0.2) is 35.6 Å². The number of hydrogen-bond acceptors (Lipinski definition) is 8. The second kappa shape index (κ2) is 7.91. The number of benzene rings is 1. The Morgan fingerprint density at radius 1 is 1.33 bits per heavy atom. The van der Waals surface area contributed by atoms with Crippen LogP contribution in [0.5, 0.6) is 5.88 Å². The van der Waals surface area contributed by atoms with Crippen LogP contribution in [0.2, 0.25) is 0 Å². The molecule has 0 atom stereocenters. The first-order valence-corrected chi connectivity index (χ1v) is 10.2. The third kappa shape index (κ3) is 3.56. The molecule has 0 saturated heterocycles. The lowest BCUT2D eigenvalue weighted by Crippen LogP contribution is -2.50. The van der Waals surface area contributed by atoms with Crippen molar-refractivity contribution in [3.8, 4) is 17.0 Å². The van der Waals surface area contributed by atoms with Crippen molar-refractivity contribution in [2.24, 2.45) is 5.11 Å². The lowest BCUT2D eigenvalue weighted by atomic mass is 9.74. The maximum absolute atomic E-state index is 10.2. The Morgan fingerprint density at radius 3 is 2.80 bits per heavy atom. The van der Waals surface area contributed by atoms with Crippen molar-refractivity contribution < 1.29 is 9.84 Å². The SMILES string of the molecule is CCNc1cc(-c2ccn3nc(NC4CC(O)(CC)C4)nc(OC)c23)ccc1N=N. The molecule has 0 radical (unpaired) electrons. The molecule has 158 valence electrons. The van der Waals surface area contributed by atoms with E-state index in [1.54, 1.807) is 11.6 Å². The lowest BCUT2D eigenvalue weighted by Gasteiger charge is -2.43. The highest BCUT2D eigenvalue weighted by Gasteiger charge is 2.41. The van der Waals surface area contributed by atoms with Crippen molar-refractivity contribution in [3.05, 3.63) is 30.5 Å². The molecular formula is C21H27N7O2. The van der Waals surface area contributed by atoms with Gasteiger partial charge in [-0.25, -0.2) is 10.0 Å². The number of hydrogen-bond donors (Lipinski definition) is 4. The highest BCUT2D eigenvalue weighted by molar-refractivity contribution is 5.87. The van der Waals surface area contributed by atoms with E-state index in [-0.39, 0.29) is 6.04 Å². The average molecular weight is 409 g/mol. The van der Waals surface area contributed by atoms with Gasteiger partial charge in [0.2, 0.25) is 11.8 Å². The maximum Gasteiger partial charge on any atom is 0.244 e. The highest BCUT2D eigenvalue weighted by Crippen LogP contribution is 2.38. The Morgan fingerprint density at radius 2 is 2.13 bits per heavy atom. The molecule has 1 fully saturated rings. The minimum Gasteiger partial charge on any atom is -0.479 e. The Hall–Kier alpha value is -3.20. The largest absolute Gasteiger partial charge is 0.479 e. The fourth-order valence-electron chi connectivity index (χ4n) is 3.99. The Bertz CT molecular complexity index is 1070. The van der Waals surface area contributed by atoms with E-state index < -0.39 is 5.60 Å². The van der Waals surface area contributed by atoms with E-state index in [2.05, 4.69) is 25.8 Å². The summed E-state index contributed by atoms with van der Waals surface area (Å²) in [4.78, 5) is 4.55. The van der Waals surface area contributed by atoms with E-state index in [0.29, 0.717) is 30.4 Å². The van der Waals surface area contributed by atoms with Gasteiger partial charge < -0.3 is 20.5 Å². The van der Waals surface area contributed by atoms with Gasteiger partial charge in [-0.15, -0.1) is 5.10 Å². The van der Waals surface area contributed by atoms with Gasteiger partial charge >= 0.3 is 0 Å². The van der Waals surface area contributed by atoms with Gasteiger partial charge in [0.25, 0.3) is 0 Å². The molecule has 1 saturated carbocycles. The number of aromatic nitrogens is 3. The molecule has 1 aromatic carbocycles. The molecule has 0 bridgehead atoms. The van der Waals surface area contributed by atoms with Crippen molar-refractivity contribution in [1.29, 1.82) is 5.53 Å². The van der Waals surface area contributed by atoms with E-state index in [0.717, 1.165) is 35.3 Å². The standard InChI is InChI=1S/C21H27N7O2/c1-4-21(29)11-14(12-21)24-20-25-19(30-3)18-15(8-9-28(18)27-20)13-6-7-16(26-22)17(10-13)23-5-2/h6-10,14,22-23,29H,4-5,11-12H2,1-3H3,(H,24,27). The van der Waals surface area contributed by atoms with Gasteiger partial charge in [-0.2, -0.15) is 10.1 Å². The lowest BCUT2D eigenvalue weighted by molar-refractivity contribution is -0.0442. The maximum atomic E-state index is 10.2. The van der Waals surface area contributed by atoms with Crippen LogP contribution >= 0.6 is 0 Å². The summed E-state index contributed by atoms with van der Waals surface area (Å²) in [6, 6.07) is 7.83. The second-order valence-corrected chi connectivity index (χ2v) is 7.67. The number of aliphatic hydroxyl groups is 1. The number of nitrogens with zero attached hydrogens (tertiary/aromatic N) is 4. The predicted molar refractivity (Wildman–Crippen MR) is 116 cm³/mol. The fraction of sp³-hybridized carbons (Fsp3) is 0.429. The molecule has 0 aliphatic heterocycles. The summed E-state index contributed by atoms with van der Waals surface area (Å²) in [6.07, 6.45) is 3.99. The summed E-state index contributed by atoms with van der Waals surface area (Å²) in [6.45, 7) is 4.73. The van der Waals surface area contributed by atoms with Crippen LogP contribution in [0.25, 0.3) is 16.6 Å². The van der Waals surface area contributed by atoms with Crippen LogP contribution < -0.4 is 15.4 Å². The number of nitrogens with one attached hydrogen (secondary N) is 3. The van der Waals surface area contributed by atoms with E-state index in [1.165, 1.54) is 0 Å². The monoisotopic (exact) mass is 409 g/mol. The zero-order valence-electron chi connectivity index (χ0n) is 17.4. The highest BCUT2D eigenvalue weighted by atomic mass is 16.5. The molecule has 0 spiro atoms. The van der Waals surface area contributed by atoms with Crippen LogP contribution in [-0.2, 0) is 0 Å². The molecule has 4 rings (SSSR count). The first kappa shape index (κ1) is 20.1. The number of rotatable bonds is 8. The zero-order valence-corrected chi connectivity index (χ0v) is 17.4. The molecule has 2 heterocycles. The molecule has 4 N–H and O–H groups in total. The summed E-state index contributed by atoms with van der Waals surface area (Å²) in [5.74, 6) is 0.943. The van der Waals surface area contributed by atoms with Gasteiger partial charge in [0.1, 0.15) is 11.2 Å². The smallest absolute Gasteiger partial charge is 0.244 e. The molecule has 1 aliphatic rings. The van der Waals surface area contributed by atoms with Gasteiger partial charge in [-0.3, -0.25) is 0 Å². The third-order valence-corrected chi connectivity index (χ3v) is 5.71. The molecule has 3 aromatic rings. The molecule has 9 heteroatoms. The van der Waals surface area contributed by atoms with Crippen molar-refractivity contribution in [2.45, 2.75) is 44.8 Å². The number of methoxy groups -OCH3 is 1. The quantitative estimate of drug-likeness (QED) is 0.414. The Balaban J connectivity index is 1.68. The van der Waals surface area contributed by atoms with Gasteiger partial charge in [-0.05, 0) is 49.9 Å². The fourth-order valence-corrected chi connectivity index (χ4v) is 3.99. The molecule has 30 heavy (non-hydrogen) atoms. The van der Waals surface area contributed by atoms with Crippen LogP contribution in [0.3, 0.4) is 0 Å². The molecular weight excluding hydrogens is 382 g/mol. The van der Waals surface area contributed by atoms with E-state index in [1.807, 2.05) is 44.3 Å². The van der Waals surface area contributed by atoms with Gasteiger partial charge in [0.05, 0.1) is 18.4 Å². The normalized spacial score (nSPS) is 20.6. The van der Waals surface area contributed by atoms with E-state index in [4.69, 9.17) is 10.3 Å². The first-order valence-electron chi connectivity index (χ1n) is 10.2. The van der Waals surface area contributed by atoms with Crippen molar-refractivity contribution in [2.75, 3.05) is 24.3 Å². The topological polar surface area (TPSA) is 120 Å². The van der Waals surface area contributed by atoms with Gasteiger partial charge in [-0.1, -0.05) is 13.0 Å². The minimum atomic E-state index is -0.575. The summed E-state index contributed by atoms with van der Waals surface area (Å²) in [5, 5.41) is 24.9. The molecule has 0 amide bonds. The number of anilines is 2. The predicted octanol–water partition coefficient (Wildman–Crippen LogP) is 4.21. The summed E-state index contributed by atoms with van der Waals surface area (Å²) < 4.78 is 7.33. The summed E-state index contributed by atoms with van der Waals surface area (Å²) >= 11 is 0. The van der Waals surface area contributed by atoms with E-state index >= 15 is 0 Å². The molecule has 0 unspecified atom stereocenters. The molecule has 9 nitrogen and oxygen atoms in total. The number of ether oxygens (including phenoxy) is 1. The Labute approximate surface area is 175 Å². The summed E-state index contributed by atoms with van der Waals surface area (Å²) in [7, 11) is 1.59. The first-order chi connectivity index (χ1) is 14.5. The Kier molecular flexibility index (Phi) is 5.29. The summed E-state index contributed by atoms with van der Waals surface area (Å²) in [5.41, 5.74) is 10.8. The van der Waals surface area contributed by atoms with Crippen molar-refractivity contribution >= 4 is 22.8 Å². The molecule has 2 aromatic heterocycles.